The molecule has 3 aromatic heterocycles. The Labute approximate surface area is 262 Å². The van der Waals surface area contributed by atoms with Gasteiger partial charge in [0.2, 0.25) is 0 Å². The van der Waals surface area contributed by atoms with E-state index in [1.54, 1.807) is 0 Å². The van der Waals surface area contributed by atoms with E-state index < -0.39 is 11.9 Å². The number of aliphatic carboxylic acids is 2. The maximum Gasteiger partial charge on any atom is 4.00 e. The fraction of sp³-hybridized carbons (Fsp3) is 0.412. The minimum Gasteiger partial charge on any atom is -0.678 e. The van der Waals surface area contributed by atoms with Crippen LogP contribution in [-0.2, 0) is 52.3 Å². The van der Waals surface area contributed by atoms with E-state index in [9.17, 15) is 19.8 Å². The molecule has 9 heteroatoms. The van der Waals surface area contributed by atoms with Crippen LogP contribution in [-0.4, -0.2) is 28.2 Å². The molecule has 0 radical (unpaired) electrons. The van der Waals surface area contributed by atoms with Crippen molar-refractivity contribution in [3.05, 3.63) is 89.0 Å². The molecule has 2 N–H and O–H groups in total. The predicted octanol–water partition coefficient (Wildman–Crippen LogP) is 4.11. The fourth-order valence-corrected chi connectivity index (χ4v) is 6.45. The largest absolute Gasteiger partial charge is 4.00 e. The Morgan fingerprint density at radius 3 is 2.00 bits per heavy atom. The molecule has 5 rings (SSSR count). The van der Waals surface area contributed by atoms with Gasteiger partial charge in [-0.2, -0.15) is 5.69 Å². The van der Waals surface area contributed by atoms with E-state index in [2.05, 4.69) is 33.8 Å². The van der Waals surface area contributed by atoms with Crippen molar-refractivity contribution in [3.63, 3.8) is 0 Å². The van der Waals surface area contributed by atoms with Crippen LogP contribution in [0.25, 0.3) is 23.5 Å². The summed E-state index contributed by atoms with van der Waals surface area (Å²) >= 11 is 0. The molecule has 43 heavy (non-hydrogen) atoms. The molecule has 2 aliphatic rings. The Morgan fingerprint density at radius 1 is 0.744 bits per heavy atom. The molecule has 0 aromatic carbocycles. The summed E-state index contributed by atoms with van der Waals surface area (Å²) in [6, 6.07) is -0.279. The van der Waals surface area contributed by atoms with Crippen molar-refractivity contribution in [2.24, 2.45) is 0 Å². The predicted molar refractivity (Wildman–Crippen MR) is 163 cm³/mol. The van der Waals surface area contributed by atoms with Gasteiger partial charge in [0.1, 0.15) is 0 Å². The standard InChI is InChI=1S/C34H38N4O4.Fe/c1-7-21-17(3)25-13-26-19(5)23(9-11-33(39)40)31(37-26)16-32-24(10-12-34(41)42)20(6)28(38-32)15-30-22(8-2)18(4)27(36-30)14-29(21)35-25;/h13-15,31H,7-12,16H2,1-6H3,(H,39,40)(H,41,42);/q-4;+4/b26-13-,27-14-,30-15-;. The number of fused-ring (bicyclic) bond motifs is 8. The van der Waals surface area contributed by atoms with Crippen LogP contribution in [0.5, 0.6) is 0 Å². The van der Waals surface area contributed by atoms with Crippen LogP contribution in [0.1, 0.15) is 96.2 Å². The van der Waals surface area contributed by atoms with Crippen molar-refractivity contribution in [1.82, 2.24) is 15.0 Å². The van der Waals surface area contributed by atoms with E-state index in [1.807, 2.05) is 26.0 Å². The molecule has 0 aliphatic carbocycles. The molecule has 1 atom stereocenters. The van der Waals surface area contributed by atoms with Gasteiger partial charge in [-0.05, 0) is 53.4 Å². The first kappa shape index (κ1) is 32.2. The van der Waals surface area contributed by atoms with Gasteiger partial charge in [-0.3, -0.25) is 9.59 Å². The molecule has 0 spiro atoms. The van der Waals surface area contributed by atoms with Crippen LogP contribution in [0, 0.1) is 20.8 Å². The summed E-state index contributed by atoms with van der Waals surface area (Å²) in [5, 5.41) is 25.8. The quantitative estimate of drug-likeness (QED) is 0.362. The molecular weight excluding hydrogens is 584 g/mol. The third-order valence-electron chi connectivity index (χ3n) is 8.89. The zero-order valence-electron chi connectivity index (χ0n) is 25.6. The van der Waals surface area contributed by atoms with Gasteiger partial charge in [0.15, 0.2) is 0 Å². The Morgan fingerprint density at radius 2 is 1.35 bits per heavy atom. The van der Waals surface area contributed by atoms with E-state index in [0.717, 1.165) is 91.0 Å². The molecule has 8 bridgehead atoms. The summed E-state index contributed by atoms with van der Waals surface area (Å²) in [5.74, 6) is -1.71. The molecule has 5 heterocycles. The summed E-state index contributed by atoms with van der Waals surface area (Å²) in [7, 11) is 0. The minimum atomic E-state index is -0.857. The second-order valence-corrected chi connectivity index (χ2v) is 11.3. The summed E-state index contributed by atoms with van der Waals surface area (Å²) in [6.07, 6.45) is 9.03. The first-order valence-corrected chi connectivity index (χ1v) is 14.7. The van der Waals surface area contributed by atoms with Crippen LogP contribution >= 0.6 is 0 Å². The van der Waals surface area contributed by atoms with Crippen molar-refractivity contribution in [3.8, 4) is 0 Å². The zero-order valence-corrected chi connectivity index (χ0v) is 26.7. The first-order chi connectivity index (χ1) is 20.0. The van der Waals surface area contributed by atoms with Gasteiger partial charge in [-0.15, -0.1) is 33.5 Å². The van der Waals surface area contributed by atoms with Gasteiger partial charge in [0.05, 0.1) is 0 Å². The van der Waals surface area contributed by atoms with E-state index >= 15 is 0 Å². The third-order valence-corrected chi connectivity index (χ3v) is 8.89. The van der Waals surface area contributed by atoms with Gasteiger partial charge < -0.3 is 30.5 Å². The van der Waals surface area contributed by atoms with Gasteiger partial charge in [-0.1, -0.05) is 89.1 Å². The van der Waals surface area contributed by atoms with E-state index in [0.29, 0.717) is 19.3 Å². The second-order valence-electron chi connectivity index (χ2n) is 11.3. The third kappa shape index (κ3) is 6.20. The number of rotatable bonds is 8. The van der Waals surface area contributed by atoms with Crippen molar-refractivity contribution < 1.29 is 36.9 Å². The normalized spacial score (nSPS) is 18.6. The number of carboxylic acids is 2. The topological polar surface area (TPSA) is 131 Å². The number of aromatic nitrogens is 3. The number of hydrogen-bond acceptors (Lipinski definition) is 2. The molecule has 3 aromatic rings. The number of nitrogens with zero attached hydrogens (tertiary/aromatic N) is 4. The zero-order chi connectivity index (χ0) is 30.3. The Bertz CT molecular complexity index is 1770. The Kier molecular flexibility index (Phi) is 9.67. The van der Waals surface area contributed by atoms with E-state index in [1.165, 1.54) is 5.56 Å². The van der Waals surface area contributed by atoms with Gasteiger partial charge >= 0.3 is 29.0 Å². The molecule has 226 valence electrons. The summed E-state index contributed by atoms with van der Waals surface area (Å²) in [4.78, 5) is 38.2. The maximum atomic E-state index is 11.5. The molecule has 2 aliphatic heterocycles. The van der Waals surface area contributed by atoms with Crippen molar-refractivity contribution in [1.29, 1.82) is 0 Å². The van der Waals surface area contributed by atoms with Crippen LogP contribution in [0.3, 0.4) is 0 Å². The van der Waals surface area contributed by atoms with E-state index in [4.69, 9.17) is 20.3 Å². The average Bonchev–Trinajstić information content (AvgIpc) is 3.59. The monoisotopic (exact) mass is 622 g/mol. The minimum absolute atomic E-state index is 0. The molecule has 8 nitrogen and oxygen atoms in total. The number of carbonyl (C=O) groups is 2. The summed E-state index contributed by atoms with van der Waals surface area (Å²) in [5.41, 5.74) is 12.6. The number of hydrogen-bond donors (Lipinski definition) is 2. The van der Waals surface area contributed by atoms with Gasteiger partial charge in [-0.25, -0.2) is 0 Å². The molecule has 0 amide bonds. The Balaban J connectivity index is 0.00000423. The fourth-order valence-electron chi connectivity index (χ4n) is 6.45. The summed E-state index contributed by atoms with van der Waals surface area (Å²) < 4.78 is 0. The van der Waals surface area contributed by atoms with Crippen LogP contribution in [0.4, 0.5) is 0 Å². The second kappa shape index (κ2) is 12.9. The van der Waals surface area contributed by atoms with Gasteiger partial charge in [0, 0.05) is 12.8 Å². The molecule has 0 fully saturated rings. The van der Waals surface area contributed by atoms with E-state index in [-0.39, 0.29) is 36.0 Å². The Hall–Kier alpha value is -3.68. The van der Waals surface area contributed by atoms with Crippen LogP contribution in [0.15, 0.2) is 16.8 Å². The smallest absolute Gasteiger partial charge is 0.678 e. The van der Waals surface area contributed by atoms with Crippen molar-refractivity contribution in [2.75, 3.05) is 0 Å². The number of carboxylic acid groups (broad SMARTS) is 2. The first-order valence-electron chi connectivity index (χ1n) is 14.7. The SMILES string of the molecule is CCc1c2[n-]c(c1C)/C=C1\[N-]C(Cc3[n-]c(c(C)c3CCC(=O)O)/C=c3\[n-]/c(c(C)c3CC)=C\2)C(CCC(=O)O)=C1C.[Fe+4]. The summed E-state index contributed by atoms with van der Waals surface area (Å²) in [6.45, 7) is 12.5. The molecule has 1 unspecified atom stereocenters. The molecule has 0 saturated heterocycles. The van der Waals surface area contributed by atoms with Crippen LogP contribution in [0.2, 0.25) is 0 Å². The van der Waals surface area contributed by atoms with Crippen molar-refractivity contribution in [2.45, 2.75) is 92.5 Å². The maximum absolute atomic E-state index is 11.5. The van der Waals surface area contributed by atoms with Crippen LogP contribution < -0.4 is 25.7 Å². The molecular formula is C34H38FeN4O4. The van der Waals surface area contributed by atoms with Gasteiger partial charge in [0.25, 0.3) is 0 Å². The molecule has 0 saturated carbocycles. The number of allylic oxidation sites excluding steroid dienone is 1. The average molecular weight is 623 g/mol. The van der Waals surface area contributed by atoms with Crippen molar-refractivity contribution >= 4 is 30.2 Å².